The molecule has 21 N–H and O–H groups in total. The first-order chi connectivity index (χ1) is 31.5. The number of carbonyl (C=O) groups is 8. The van der Waals surface area contributed by atoms with Crippen LogP contribution in [0.4, 0.5) is 0 Å². The fourth-order valence-corrected chi connectivity index (χ4v) is 6.81. The molecule has 26 nitrogen and oxygen atoms in total. The molecule has 0 aliphatic rings. The monoisotopic (exact) mass is 972 g/mol. The molecule has 388 valence electrons. The topological polar surface area (TPSA) is 465 Å². The Bertz CT molecular complexity index is 1800. The van der Waals surface area contributed by atoms with Gasteiger partial charge in [0.25, 0.3) is 11.8 Å². The second-order valence-electron chi connectivity index (χ2n) is 17.4. The van der Waals surface area contributed by atoms with Gasteiger partial charge in [0.1, 0.15) is 36.0 Å². The summed E-state index contributed by atoms with van der Waals surface area (Å²) in [6.45, 7) is 13.8. The molecule has 0 radical (unpaired) electrons. The molecule has 0 spiro atoms. The van der Waals surface area contributed by atoms with Crippen molar-refractivity contribution in [1.82, 2.24) is 31.9 Å². The number of nitrogens with zero attached hydrogens (tertiary/aromatic N) is 2. The van der Waals surface area contributed by atoms with Crippen LogP contribution in [0.25, 0.3) is 0 Å². The number of aliphatic hydroxyl groups is 4. The smallest absolute Gasteiger partial charge is 0.326 e. The molecule has 26 heteroatoms. The van der Waals surface area contributed by atoms with Gasteiger partial charge in [0.05, 0.1) is 24.2 Å². The molecule has 0 bridgehead atoms. The lowest BCUT2D eigenvalue weighted by atomic mass is 9.87. The molecule has 13 atom stereocenters. The van der Waals surface area contributed by atoms with Crippen molar-refractivity contribution in [1.29, 1.82) is 0 Å². The fourth-order valence-electron chi connectivity index (χ4n) is 6.81. The van der Waals surface area contributed by atoms with Gasteiger partial charge in [0, 0.05) is 19.0 Å². The fraction of sp³-hybridized carbons (Fsp3) is 0.714. The minimum absolute atomic E-state index is 0.00110. The Hall–Kier alpha value is -6.12. The Balaban J connectivity index is 6.44. The van der Waals surface area contributed by atoms with Gasteiger partial charge in [-0.05, 0) is 70.6 Å². The molecular weight excluding hydrogens is 895 g/mol. The summed E-state index contributed by atoms with van der Waals surface area (Å²) in [6, 6.07) is -7.66. The normalized spacial score (nSPS) is 17.3. The highest BCUT2D eigenvalue weighted by Gasteiger charge is 2.39. The molecule has 13 unspecified atom stereocenters. The number of nitrogens with two attached hydrogens (primary N) is 5. The number of hydrogen-bond donors (Lipinski definition) is 16. The quantitative estimate of drug-likeness (QED) is 0.0134. The Morgan fingerprint density at radius 1 is 0.603 bits per heavy atom. The molecule has 0 saturated heterocycles. The summed E-state index contributed by atoms with van der Waals surface area (Å²) in [4.78, 5) is 112. The lowest BCUT2D eigenvalue weighted by molar-refractivity contribution is -0.143. The molecule has 0 fully saturated rings. The van der Waals surface area contributed by atoms with Crippen LogP contribution in [0.3, 0.4) is 0 Å². The van der Waals surface area contributed by atoms with Gasteiger partial charge in [-0.25, -0.2) is 4.79 Å². The Morgan fingerprint density at radius 2 is 1.15 bits per heavy atom. The highest BCUT2D eigenvalue weighted by molar-refractivity contribution is 6.02. The van der Waals surface area contributed by atoms with Crippen LogP contribution in [0.2, 0.25) is 0 Å². The van der Waals surface area contributed by atoms with E-state index in [0.29, 0.717) is 6.42 Å². The molecule has 7 amide bonds. The highest BCUT2D eigenvalue weighted by Crippen LogP contribution is 2.21. The maximum atomic E-state index is 13.9. The number of rotatable bonds is 31. The number of aliphatic imine (C=N–C) groups is 2. The van der Waals surface area contributed by atoms with Crippen LogP contribution >= 0.6 is 0 Å². The summed E-state index contributed by atoms with van der Waals surface area (Å²) in [6.07, 6.45) is -5.41. The Kier molecular flexibility index (Phi) is 27.6. The molecule has 0 aliphatic carbocycles. The first kappa shape index (κ1) is 61.9. The number of guanidine groups is 2. The second-order valence-corrected chi connectivity index (χ2v) is 17.4. The first-order valence-corrected chi connectivity index (χ1v) is 22.3. The largest absolute Gasteiger partial charge is 0.480 e. The number of primary amides is 1. The van der Waals surface area contributed by atoms with Crippen molar-refractivity contribution in [3.8, 4) is 0 Å². The standard InChI is InChI=1S/C42H77N13O13/c1-10-25(36(63)55-29(24(9)56)38(65)53-27(40(67)68)14-12-16-49-42(46)47)51-37(64)28(20(5)21(6)33(43)60)54-39(66)32(59)31(58)26(13-11-15-48-41(44)45)52-35(62)23(8)50-34(61)22(7)30(57)19(4)17-18(2)3/h10,18-24,26-32,56-59H,11-17H2,1-9H3,(H2,43,60)(H,50,61)(H,51,64)(H,52,62)(H,53,65)(H,54,66)(H,55,63)(H,67,68)(H4,44,45,48)(H4,46,47,49). The minimum atomic E-state index is -2.38. The number of carboxylic acids is 1. The van der Waals surface area contributed by atoms with Gasteiger partial charge in [0.2, 0.25) is 29.5 Å². The van der Waals surface area contributed by atoms with E-state index >= 15 is 0 Å². The van der Waals surface area contributed by atoms with Crippen molar-refractivity contribution in [2.75, 3.05) is 13.1 Å². The number of allylic oxidation sites excluding steroid dienone is 1. The second kappa shape index (κ2) is 30.3. The predicted molar refractivity (Wildman–Crippen MR) is 250 cm³/mol. The average Bonchev–Trinajstić information content (AvgIpc) is 3.25. The van der Waals surface area contributed by atoms with E-state index in [1.54, 1.807) is 6.92 Å². The van der Waals surface area contributed by atoms with E-state index < -0.39 is 125 Å². The minimum Gasteiger partial charge on any atom is -0.480 e. The third-order valence-corrected chi connectivity index (χ3v) is 11.1. The van der Waals surface area contributed by atoms with E-state index in [1.165, 1.54) is 34.6 Å². The van der Waals surface area contributed by atoms with Crippen LogP contribution in [-0.4, -0.2) is 152 Å². The zero-order chi connectivity index (χ0) is 52.7. The zero-order valence-corrected chi connectivity index (χ0v) is 40.4. The summed E-state index contributed by atoms with van der Waals surface area (Å²) in [5.41, 5.74) is 26.3. The Labute approximate surface area is 396 Å². The molecule has 0 aromatic heterocycles. The molecule has 0 rings (SSSR count). The molecule has 0 heterocycles. The number of carboxylic acid groups (broad SMARTS) is 1. The number of carbonyl (C=O) groups excluding carboxylic acids is 7. The van der Waals surface area contributed by atoms with E-state index in [1.807, 2.05) is 13.8 Å². The van der Waals surface area contributed by atoms with Crippen LogP contribution < -0.4 is 60.6 Å². The maximum absolute atomic E-state index is 13.9. The van der Waals surface area contributed by atoms with Crippen LogP contribution in [0, 0.1) is 29.6 Å². The van der Waals surface area contributed by atoms with Gasteiger partial charge in [-0.2, -0.15) is 0 Å². The van der Waals surface area contributed by atoms with E-state index in [2.05, 4.69) is 41.9 Å². The molecular formula is C42H77N13O13. The molecule has 0 saturated carbocycles. The number of nitrogens with one attached hydrogen (secondary N) is 6. The number of hydrogen-bond acceptors (Lipinski definition) is 14. The molecule has 0 aliphatic heterocycles. The molecule has 0 aromatic rings. The van der Waals surface area contributed by atoms with Gasteiger partial charge in [-0.1, -0.05) is 47.6 Å². The van der Waals surface area contributed by atoms with Crippen LogP contribution in [0.15, 0.2) is 21.8 Å². The van der Waals surface area contributed by atoms with Crippen LogP contribution in [0.1, 0.15) is 94.4 Å². The molecule has 68 heavy (non-hydrogen) atoms. The SMILES string of the molecule is CC=C(NC(=O)C(NC(=O)C(O)C(O)C(CCCN=C(N)N)NC(=O)C(C)NC(=O)C(C)C(O)C(C)CC(C)C)C(C)C(C)C(N)=O)C(=O)NC(C(=O)NC(CCCN=C(N)N)C(=O)O)C(C)O. The van der Waals surface area contributed by atoms with Gasteiger partial charge in [0.15, 0.2) is 18.0 Å². The van der Waals surface area contributed by atoms with E-state index in [-0.39, 0.29) is 62.5 Å². The van der Waals surface area contributed by atoms with E-state index in [4.69, 9.17) is 28.7 Å². The van der Waals surface area contributed by atoms with Crippen LogP contribution in [0.5, 0.6) is 0 Å². The number of aliphatic hydroxyl groups excluding tert-OH is 4. The summed E-state index contributed by atoms with van der Waals surface area (Å²) in [7, 11) is 0. The summed E-state index contributed by atoms with van der Waals surface area (Å²) in [5.74, 6) is -12.3. The van der Waals surface area contributed by atoms with Crippen molar-refractivity contribution in [2.24, 2.45) is 68.2 Å². The zero-order valence-electron chi connectivity index (χ0n) is 40.4. The maximum Gasteiger partial charge on any atom is 0.326 e. The van der Waals surface area contributed by atoms with Crippen molar-refractivity contribution < 1.29 is 63.9 Å². The van der Waals surface area contributed by atoms with Crippen molar-refractivity contribution in [2.45, 2.75) is 149 Å². The average molecular weight is 972 g/mol. The van der Waals surface area contributed by atoms with Gasteiger partial charge in [-0.3, -0.25) is 43.5 Å². The first-order valence-electron chi connectivity index (χ1n) is 22.3. The number of amides is 7. The van der Waals surface area contributed by atoms with Gasteiger partial charge in [-0.15, -0.1) is 0 Å². The summed E-state index contributed by atoms with van der Waals surface area (Å²) < 4.78 is 0. The molecule has 0 aromatic carbocycles. The lowest BCUT2D eigenvalue weighted by Gasteiger charge is -2.32. The Morgan fingerprint density at radius 3 is 1.62 bits per heavy atom. The number of aliphatic carboxylic acids is 1. The van der Waals surface area contributed by atoms with Crippen LogP contribution in [-0.2, 0) is 38.4 Å². The van der Waals surface area contributed by atoms with Gasteiger partial charge >= 0.3 is 5.97 Å². The summed E-state index contributed by atoms with van der Waals surface area (Å²) >= 11 is 0. The third-order valence-electron chi connectivity index (χ3n) is 11.1. The lowest BCUT2D eigenvalue weighted by Crippen LogP contribution is -2.60. The van der Waals surface area contributed by atoms with Crippen molar-refractivity contribution in [3.05, 3.63) is 11.8 Å². The highest BCUT2D eigenvalue weighted by atomic mass is 16.4. The van der Waals surface area contributed by atoms with E-state index in [9.17, 15) is 63.9 Å². The summed E-state index contributed by atoms with van der Waals surface area (Å²) in [5, 5.41) is 67.4. The third kappa shape index (κ3) is 21.7. The van der Waals surface area contributed by atoms with Gasteiger partial charge < -0.3 is 86.1 Å². The van der Waals surface area contributed by atoms with Crippen molar-refractivity contribution >= 4 is 59.2 Å². The van der Waals surface area contributed by atoms with E-state index in [0.717, 1.165) is 13.0 Å². The predicted octanol–water partition coefficient (Wildman–Crippen LogP) is -4.82. The van der Waals surface area contributed by atoms with Crippen molar-refractivity contribution in [3.63, 3.8) is 0 Å².